The van der Waals surface area contributed by atoms with E-state index in [1.807, 2.05) is 18.2 Å². The number of aromatic amines is 1. The molecule has 96 valence electrons. The number of halogens is 1. The van der Waals surface area contributed by atoms with Gasteiger partial charge in [0.25, 0.3) is 0 Å². The topological polar surface area (TPSA) is 41.6 Å². The Hall–Kier alpha value is -2.39. The lowest BCUT2D eigenvalue weighted by molar-refractivity contribution is 1.12. The summed E-state index contributed by atoms with van der Waals surface area (Å²) in [5.74, 6) is 0. The second-order valence-corrected chi connectivity index (χ2v) is 5.07. The molecule has 20 heavy (non-hydrogen) atoms. The van der Waals surface area contributed by atoms with Crippen LogP contribution >= 0.6 is 11.6 Å². The van der Waals surface area contributed by atoms with E-state index in [4.69, 9.17) is 11.6 Å². The number of pyridine rings is 1. The number of nitrogens with zero attached hydrogens (tertiary/aromatic N) is 2. The Kier molecular flexibility index (Phi) is 2.47. The Balaban J connectivity index is 1.98. The van der Waals surface area contributed by atoms with Crippen molar-refractivity contribution in [3.8, 4) is 11.3 Å². The van der Waals surface area contributed by atoms with E-state index < -0.39 is 0 Å². The van der Waals surface area contributed by atoms with Gasteiger partial charge in [0.15, 0.2) is 0 Å². The molecular formula is C16H10ClN3. The minimum absolute atomic E-state index is 0.473. The molecule has 1 N–H and O–H groups in total. The van der Waals surface area contributed by atoms with Gasteiger partial charge in [-0.25, -0.2) is 4.98 Å². The average Bonchev–Trinajstić information content (AvgIpc) is 2.89. The molecule has 0 bridgehead atoms. The van der Waals surface area contributed by atoms with Gasteiger partial charge >= 0.3 is 0 Å². The van der Waals surface area contributed by atoms with E-state index in [0.717, 1.165) is 22.2 Å². The molecule has 0 spiro atoms. The van der Waals surface area contributed by atoms with Gasteiger partial charge in [0.2, 0.25) is 0 Å². The standard InChI is InChI=1S/C16H10ClN3/c17-15-8-13-14(9-18-15)19-20-16(13)12-6-5-10-3-1-2-4-11(10)7-12/h1-9H,(H,19,20). The molecule has 4 aromatic rings. The number of rotatable bonds is 1. The van der Waals surface area contributed by atoms with Crippen LogP contribution in [0.1, 0.15) is 0 Å². The number of nitrogens with one attached hydrogen (secondary N) is 1. The summed E-state index contributed by atoms with van der Waals surface area (Å²) in [5.41, 5.74) is 2.85. The van der Waals surface area contributed by atoms with Crippen LogP contribution < -0.4 is 0 Å². The van der Waals surface area contributed by atoms with Crippen LogP contribution in [0.15, 0.2) is 54.7 Å². The van der Waals surface area contributed by atoms with Gasteiger partial charge in [0, 0.05) is 10.9 Å². The van der Waals surface area contributed by atoms with Gasteiger partial charge in [0.05, 0.1) is 11.7 Å². The van der Waals surface area contributed by atoms with Crippen molar-refractivity contribution < 1.29 is 0 Å². The van der Waals surface area contributed by atoms with Crippen molar-refractivity contribution in [2.24, 2.45) is 0 Å². The Morgan fingerprint density at radius 2 is 1.80 bits per heavy atom. The second-order valence-electron chi connectivity index (χ2n) is 4.69. The lowest BCUT2D eigenvalue weighted by Crippen LogP contribution is -1.80. The minimum atomic E-state index is 0.473. The summed E-state index contributed by atoms with van der Waals surface area (Å²) in [6.07, 6.45) is 1.70. The summed E-state index contributed by atoms with van der Waals surface area (Å²) in [4.78, 5) is 4.06. The first-order chi connectivity index (χ1) is 9.81. The van der Waals surface area contributed by atoms with Crippen LogP contribution in [0, 0.1) is 0 Å². The number of benzene rings is 2. The Morgan fingerprint density at radius 1 is 0.950 bits per heavy atom. The molecule has 0 saturated heterocycles. The fraction of sp³-hybridized carbons (Fsp3) is 0. The number of aromatic nitrogens is 3. The number of H-pyrrole nitrogens is 1. The van der Waals surface area contributed by atoms with E-state index in [1.165, 1.54) is 10.8 Å². The molecule has 0 atom stereocenters. The third-order valence-corrected chi connectivity index (χ3v) is 3.64. The number of hydrogen-bond acceptors (Lipinski definition) is 2. The predicted octanol–water partition coefficient (Wildman–Crippen LogP) is 4.43. The molecule has 0 unspecified atom stereocenters. The molecule has 2 heterocycles. The van der Waals surface area contributed by atoms with Crippen LogP contribution in [0.5, 0.6) is 0 Å². The number of hydrogen-bond donors (Lipinski definition) is 1. The first-order valence-corrected chi connectivity index (χ1v) is 6.68. The molecule has 4 heteroatoms. The molecule has 0 aliphatic carbocycles. The molecular weight excluding hydrogens is 270 g/mol. The molecule has 0 saturated carbocycles. The minimum Gasteiger partial charge on any atom is -0.276 e. The van der Waals surface area contributed by atoms with Crippen molar-refractivity contribution in [1.82, 2.24) is 15.2 Å². The van der Waals surface area contributed by atoms with Gasteiger partial charge in [-0.3, -0.25) is 5.10 Å². The second kappa shape index (κ2) is 4.32. The van der Waals surface area contributed by atoms with E-state index in [9.17, 15) is 0 Å². The quantitative estimate of drug-likeness (QED) is 0.524. The Labute approximate surface area is 120 Å². The molecule has 3 nitrogen and oxygen atoms in total. The van der Waals surface area contributed by atoms with Crippen LogP contribution in [0.2, 0.25) is 5.15 Å². The zero-order valence-electron chi connectivity index (χ0n) is 10.5. The third-order valence-electron chi connectivity index (χ3n) is 3.44. The highest BCUT2D eigenvalue weighted by Crippen LogP contribution is 2.29. The predicted molar refractivity (Wildman–Crippen MR) is 81.8 cm³/mol. The summed E-state index contributed by atoms with van der Waals surface area (Å²) in [5, 5.41) is 11.3. The van der Waals surface area contributed by atoms with Crippen molar-refractivity contribution in [3.63, 3.8) is 0 Å². The highest BCUT2D eigenvalue weighted by molar-refractivity contribution is 6.30. The monoisotopic (exact) mass is 279 g/mol. The van der Waals surface area contributed by atoms with Crippen molar-refractivity contribution in [1.29, 1.82) is 0 Å². The molecule has 2 aromatic carbocycles. The van der Waals surface area contributed by atoms with Crippen molar-refractivity contribution >= 4 is 33.3 Å². The molecule has 0 fully saturated rings. The van der Waals surface area contributed by atoms with Gasteiger partial charge in [-0.2, -0.15) is 5.10 Å². The third kappa shape index (κ3) is 1.75. The first-order valence-electron chi connectivity index (χ1n) is 6.30. The lowest BCUT2D eigenvalue weighted by atomic mass is 10.0. The van der Waals surface area contributed by atoms with E-state index in [2.05, 4.69) is 45.5 Å². The lowest BCUT2D eigenvalue weighted by Gasteiger charge is -2.02. The summed E-state index contributed by atoms with van der Waals surface area (Å²) < 4.78 is 0. The molecule has 2 aromatic heterocycles. The van der Waals surface area contributed by atoms with Gasteiger partial charge in [-0.05, 0) is 22.9 Å². The SMILES string of the molecule is Clc1cc2c(-c3ccc4ccccc4c3)n[nH]c2cn1. The van der Waals surface area contributed by atoms with Crippen LogP contribution in [0.4, 0.5) is 0 Å². The molecule has 0 radical (unpaired) electrons. The summed E-state index contributed by atoms with van der Waals surface area (Å²) >= 11 is 5.98. The highest BCUT2D eigenvalue weighted by atomic mass is 35.5. The Bertz CT molecular complexity index is 927. The van der Waals surface area contributed by atoms with Gasteiger partial charge in [-0.15, -0.1) is 0 Å². The summed E-state index contributed by atoms with van der Waals surface area (Å²) in [6, 6.07) is 16.4. The maximum Gasteiger partial charge on any atom is 0.129 e. The largest absolute Gasteiger partial charge is 0.276 e. The number of fused-ring (bicyclic) bond motifs is 2. The Morgan fingerprint density at radius 3 is 2.70 bits per heavy atom. The maximum atomic E-state index is 5.98. The van der Waals surface area contributed by atoms with Crippen LogP contribution in [0.25, 0.3) is 32.9 Å². The van der Waals surface area contributed by atoms with Gasteiger partial charge in [0.1, 0.15) is 10.8 Å². The van der Waals surface area contributed by atoms with Crippen LogP contribution in [-0.2, 0) is 0 Å². The zero-order valence-corrected chi connectivity index (χ0v) is 11.2. The molecule has 0 amide bonds. The van der Waals surface area contributed by atoms with Gasteiger partial charge < -0.3 is 0 Å². The van der Waals surface area contributed by atoms with Crippen molar-refractivity contribution in [2.75, 3.05) is 0 Å². The van der Waals surface area contributed by atoms with Crippen molar-refractivity contribution in [3.05, 3.63) is 59.9 Å². The summed E-state index contributed by atoms with van der Waals surface area (Å²) in [7, 11) is 0. The van der Waals surface area contributed by atoms with Gasteiger partial charge in [-0.1, -0.05) is 48.0 Å². The summed E-state index contributed by atoms with van der Waals surface area (Å²) in [6.45, 7) is 0. The van der Waals surface area contributed by atoms with E-state index >= 15 is 0 Å². The molecule has 0 aliphatic heterocycles. The zero-order chi connectivity index (χ0) is 13.5. The van der Waals surface area contributed by atoms with E-state index in [0.29, 0.717) is 5.15 Å². The van der Waals surface area contributed by atoms with Crippen molar-refractivity contribution in [2.45, 2.75) is 0 Å². The average molecular weight is 280 g/mol. The molecule has 0 aliphatic rings. The normalized spacial score (nSPS) is 11.2. The molecule has 4 rings (SSSR count). The first kappa shape index (κ1) is 11.4. The van der Waals surface area contributed by atoms with Crippen LogP contribution in [-0.4, -0.2) is 15.2 Å². The smallest absolute Gasteiger partial charge is 0.129 e. The fourth-order valence-electron chi connectivity index (χ4n) is 2.45. The highest BCUT2D eigenvalue weighted by Gasteiger charge is 2.09. The van der Waals surface area contributed by atoms with Crippen LogP contribution in [0.3, 0.4) is 0 Å². The van der Waals surface area contributed by atoms with E-state index in [-0.39, 0.29) is 0 Å². The fourth-order valence-corrected chi connectivity index (χ4v) is 2.61. The van der Waals surface area contributed by atoms with E-state index in [1.54, 1.807) is 6.20 Å². The maximum absolute atomic E-state index is 5.98.